The van der Waals surface area contributed by atoms with Crippen LogP contribution >= 0.6 is 0 Å². The Labute approximate surface area is 110 Å². The van der Waals surface area contributed by atoms with Crippen molar-refractivity contribution < 1.29 is 9.53 Å². The van der Waals surface area contributed by atoms with Gasteiger partial charge in [-0.15, -0.1) is 0 Å². The van der Waals surface area contributed by atoms with E-state index in [-0.39, 0.29) is 11.5 Å². The molecule has 0 aliphatic heterocycles. The lowest BCUT2D eigenvalue weighted by molar-refractivity contribution is -0.147. The molecule has 106 valence electrons. The SMILES string of the molecule is COC(=O)C(C)(N)CN(C)CC1(N(C)C)CCC1. The Bertz CT molecular complexity index is 299. The predicted molar refractivity (Wildman–Crippen MR) is 72.4 cm³/mol. The standard InChI is InChI=1S/C13H27N3O2/c1-12(14,11(17)18-5)9-16(4)10-13(15(2)3)7-6-8-13/h6-10,14H2,1-5H3. The van der Waals surface area contributed by atoms with Gasteiger partial charge in [-0.1, -0.05) is 0 Å². The van der Waals surface area contributed by atoms with Crippen molar-refractivity contribution in [3.63, 3.8) is 0 Å². The average molecular weight is 257 g/mol. The molecule has 1 aliphatic carbocycles. The molecule has 0 spiro atoms. The lowest BCUT2D eigenvalue weighted by atomic mass is 9.75. The van der Waals surface area contributed by atoms with E-state index in [1.165, 1.54) is 26.4 Å². The van der Waals surface area contributed by atoms with E-state index in [1.54, 1.807) is 6.92 Å². The van der Waals surface area contributed by atoms with Crippen LogP contribution in [0.3, 0.4) is 0 Å². The second kappa shape index (κ2) is 5.55. The van der Waals surface area contributed by atoms with Crippen LogP contribution in [-0.4, -0.2) is 68.2 Å². The van der Waals surface area contributed by atoms with Crippen LogP contribution in [0.1, 0.15) is 26.2 Å². The van der Waals surface area contributed by atoms with Crippen LogP contribution in [-0.2, 0) is 9.53 Å². The van der Waals surface area contributed by atoms with Crippen molar-refractivity contribution in [2.75, 3.05) is 41.3 Å². The van der Waals surface area contributed by atoms with Gasteiger partial charge in [0.2, 0.25) is 0 Å². The zero-order valence-electron chi connectivity index (χ0n) is 12.3. The number of rotatable bonds is 6. The summed E-state index contributed by atoms with van der Waals surface area (Å²) in [4.78, 5) is 16.0. The molecule has 1 unspecified atom stereocenters. The molecule has 2 N–H and O–H groups in total. The Kier molecular flexibility index (Phi) is 4.75. The number of hydrogen-bond acceptors (Lipinski definition) is 5. The summed E-state index contributed by atoms with van der Waals surface area (Å²) in [6, 6.07) is 0. The number of esters is 1. The van der Waals surface area contributed by atoms with Gasteiger partial charge >= 0.3 is 5.97 Å². The van der Waals surface area contributed by atoms with Crippen molar-refractivity contribution in [3.8, 4) is 0 Å². The molecule has 0 heterocycles. The highest BCUT2D eigenvalue weighted by molar-refractivity contribution is 5.80. The third kappa shape index (κ3) is 3.22. The summed E-state index contributed by atoms with van der Waals surface area (Å²) in [7, 11) is 7.63. The first-order valence-corrected chi connectivity index (χ1v) is 6.47. The number of ether oxygens (including phenoxy) is 1. The van der Waals surface area contributed by atoms with E-state index in [4.69, 9.17) is 10.5 Å². The maximum Gasteiger partial charge on any atom is 0.326 e. The molecule has 0 radical (unpaired) electrons. The lowest BCUT2D eigenvalue weighted by Gasteiger charge is -2.49. The number of hydrogen-bond donors (Lipinski definition) is 1. The van der Waals surface area contributed by atoms with Crippen molar-refractivity contribution in [2.45, 2.75) is 37.3 Å². The van der Waals surface area contributed by atoms with Gasteiger partial charge in [-0.05, 0) is 47.3 Å². The van der Waals surface area contributed by atoms with Crippen LogP contribution < -0.4 is 5.73 Å². The van der Waals surface area contributed by atoms with Crippen LogP contribution in [0.5, 0.6) is 0 Å². The zero-order chi connectivity index (χ0) is 14.0. The first-order chi connectivity index (χ1) is 8.23. The molecule has 1 aliphatic rings. The highest BCUT2D eigenvalue weighted by atomic mass is 16.5. The molecular formula is C13H27N3O2. The smallest absolute Gasteiger partial charge is 0.326 e. The van der Waals surface area contributed by atoms with Crippen LogP contribution in [0.25, 0.3) is 0 Å². The van der Waals surface area contributed by atoms with Gasteiger partial charge in [-0.25, -0.2) is 0 Å². The monoisotopic (exact) mass is 257 g/mol. The third-order valence-electron chi connectivity index (χ3n) is 4.05. The van der Waals surface area contributed by atoms with Crippen molar-refractivity contribution in [1.82, 2.24) is 9.80 Å². The first kappa shape index (κ1) is 15.4. The molecule has 5 nitrogen and oxygen atoms in total. The summed E-state index contributed by atoms with van der Waals surface area (Å²) in [5, 5.41) is 0. The molecular weight excluding hydrogens is 230 g/mol. The number of likely N-dealkylation sites (N-methyl/N-ethyl adjacent to an activating group) is 2. The molecule has 0 aromatic heterocycles. The van der Waals surface area contributed by atoms with Gasteiger partial charge in [0.05, 0.1) is 7.11 Å². The lowest BCUT2D eigenvalue weighted by Crippen LogP contribution is -2.60. The zero-order valence-corrected chi connectivity index (χ0v) is 12.3. The number of carbonyl (C=O) groups excluding carboxylic acids is 1. The summed E-state index contributed by atoms with van der Waals surface area (Å²) < 4.78 is 4.73. The predicted octanol–water partition coefficient (Wildman–Crippen LogP) is 0.293. The van der Waals surface area contributed by atoms with Gasteiger partial charge < -0.3 is 20.3 Å². The van der Waals surface area contributed by atoms with Crippen molar-refractivity contribution >= 4 is 5.97 Å². The summed E-state index contributed by atoms with van der Waals surface area (Å²) in [5.41, 5.74) is 5.30. The van der Waals surface area contributed by atoms with Crippen molar-refractivity contribution in [3.05, 3.63) is 0 Å². The van der Waals surface area contributed by atoms with Crippen molar-refractivity contribution in [1.29, 1.82) is 0 Å². The number of methoxy groups -OCH3 is 1. The summed E-state index contributed by atoms with van der Waals surface area (Å²) in [6.07, 6.45) is 3.70. The average Bonchev–Trinajstić information content (AvgIpc) is 2.20. The quantitative estimate of drug-likeness (QED) is 0.693. The molecule has 1 saturated carbocycles. The second-order valence-corrected chi connectivity index (χ2v) is 6.05. The molecule has 1 fully saturated rings. The van der Waals surface area contributed by atoms with E-state index in [1.807, 2.05) is 7.05 Å². The Morgan fingerprint density at radius 3 is 2.28 bits per heavy atom. The third-order valence-corrected chi connectivity index (χ3v) is 4.05. The minimum absolute atomic E-state index is 0.251. The van der Waals surface area contributed by atoms with E-state index in [2.05, 4.69) is 23.9 Å². The van der Waals surface area contributed by atoms with Crippen LogP contribution in [0, 0.1) is 0 Å². The second-order valence-electron chi connectivity index (χ2n) is 6.05. The number of nitrogens with two attached hydrogens (primary N) is 1. The fourth-order valence-electron chi connectivity index (χ4n) is 2.75. The van der Waals surface area contributed by atoms with Gasteiger partial charge in [0, 0.05) is 18.6 Å². The molecule has 0 aromatic rings. The molecule has 5 heteroatoms. The fraction of sp³-hybridized carbons (Fsp3) is 0.923. The van der Waals surface area contributed by atoms with E-state index >= 15 is 0 Å². The Balaban J connectivity index is 2.56. The highest BCUT2D eigenvalue weighted by Gasteiger charge is 2.41. The molecule has 0 saturated heterocycles. The summed E-state index contributed by atoms with van der Waals surface area (Å²) in [6.45, 7) is 3.16. The fourth-order valence-corrected chi connectivity index (χ4v) is 2.75. The topological polar surface area (TPSA) is 58.8 Å². The first-order valence-electron chi connectivity index (χ1n) is 6.47. The van der Waals surface area contributed by atoms with Gasteiger partial charge in [0.1, 0.15) is 5.54 Å². The van der Waals surface area contributed by atoms with Gasteiger partial charge in [-0.3, -0.25) is 4.79 Å². The van der Waals surface area contributed by atoms with Crippen LogP contribution in [0.4, 0.5) is 0 Å². The number of nitrogens with zero attached hydrogens (tertiary/aromatic N) is 2. The van der Waals surface area contributed by atoms with Crippen molar-refractivity contribution in [2.24, 2.45) is 5.73 Å². The van der Waals surface area contributed by atoms with E-state index in [0.29, 0.717) is 6.54 Å². The van der Waals surface area contributed by atoms with E-state index in [0.717, 1.165) is 6.54 Å². The van der Waals surface area contributed by atoms with E-state index in [9.17, 15) is 4.79 Å². The Morgan fingerprint density at radius 1 is 1.39 bits per heavy atom. The van der Waals surface area contributed by atoms with Crippen LogP contribution in [0.15, 0.2) is 0 Å². The molecule has 18 heavy (non-hydrogen) atoms. The van der Waals surface area contributed by atoms with Crippen LogP contribution in [0.2, 0.25) is 0 Å². The number of carbonyl (C=O) groups is 1. The van der Waals surface area contributed by atoms with E-state index < -0.39 is 5.54 Å². The Morgan fingerprint density at radius 2 is 1.94 bits per heavy atom. The largest absolute Gasteiger partial charge is 0.468 e. The van der Waals surface area contributed by atoms with Gasteiger partial charge in [0.25, 0.3) is 0 Å². The highest BCUT2D eigenvalue weighted by Crippen LogP contribution is 2.36. The van der Waals surface area contributed by atoms with Gasteiger partial charge in [-0.2, -0.15) is 0 Å². The Hall–Kier alpha value is -0.650. The molecule has 1 rings (SSSR count). The maximum absolute atomic E-state index is 11.6. The minimum Gasteiger partial charge on any atom is -0.468 e. The maximum atomic E-state index is 11.6. The molecule has 1 atom stereocenters. The normalized spacial score (nSPS) is 21.6. The molecule has 0 amide bonds. The molecule has 0 bridgehead atoms. The summed E-state index contributed by atoms with van der Waals surface area (Å²) >= 11 is 0. The minimum atomic E-state index is -0.944. The molecule has 0 aromatic carbocycles. The van der Waals surface area contributed by atoms with Gasteiger partial charge in [0.15, 0.2) is 0 Å². The summed E-state index contributed by atoms with van der Waals surface area (Å²) in [5.74, 6) is -0.359.